The Labute approximate surface area is 190 Å². The Morgan fingerprint density at radius 2 is 1.94 bits per heavy atom. The molecule has 0 saturated heterocycles. The van der Waals surface area contributed by atoms with Gasteiger partial charge in [-0.3, -0.25) is 20.4 Å². The van der Waals surface area contributed by atoms with Gasteiger partial charge in [0.25, 0.3) is 5.91 Å². The normalized spacial score (nSPS) is 12.5. The van der Waals surface area contributed by atoms with Gasteiger partial charge in [-0.05, 0) is 61.7 Å². The van der Waals surface area contributed by atoms with Gasteiger partial charge in [0.15, 0.2) is 0 Å². The first-order chi connectivity index (χ1) is 15.3. The molecule has 0 fully saturated rings. The second-order valence-corrected chi connectivity index (χ2v) is 7.66. The molecule has 2 aromatic carbocycles. The molecular formula is C23H22ClN5O3. The van der Waals surface area contributed by atoms with Crippen LogP contribution in [0, 0.1) is 19.4 Å². The maximum atomic E-state index is 12.7. The van der Waals surface area contributed by atoms with E-state index in [1.165, 1.54) is 6.92 Å². The van der Waals surface area contributed by atoms with Crippen LogP contribution in [0.4, 0.5) is 5.69 Å². The third-order valence-electron chi connectivity index (χ3n) is 5.16. The Balaban J connectivity index is 1.64. The third kappa shape index (κ3) is 5.14. The van der Waals surface area contributed by atoms with E-state index in [0.29, 0.717) is 21.8 Å². The largest absolute Gasteiger partial charge is 0.393 e. The van der Waals surface area contributed by atoms with Crippen LogP contribution in [0.2, 0.25) is 5.02 Å². The van der Waals surface area contributed by atoms with Crippen LogP contribution in [0.25, 0.3) is 10.5 Å². The van der Waals surface area contributed by atoms with E-state index in [9.17, 15) is 14.7 Å². The van der Waals surface area contributed by atoms with Crippen molar-refractivity contribution >= 4 is 29.1 Å². The second kappa shape index (κ2) is 10.1. The number of carbonyl (C=O) groups excluding carboxylic acids is 2. The van der Waals surface area contributed by atoms with Crippen molar-refractivity contribution in [1.29, 1.82) is 0 Å². The van der Waals surface area contributed by atoms with Crippen molar-refractivity contribution in [2.75, 3.05) is 0 Å². The third-order valence-corrected chi connectivity index (χ3v) is 5.63. The standard InChI is InChI=1S/C23H22ClN5O3/c1-14-17(7-10-20(25-3)21(14)24)13-19(15(2)30)23(32)28-27-22(31)16-5-8-18(9-6-16)29-12-4-11-26-29/h4-12,15,19,30H,13H2,1-2H3,(H,27,31)(H,28,32)/t15-,19+/m0/s1. The first-order valence-electron chi connectivity index (χ1n) is 9.85. The van der Waals surface area contributed by atoms with Gasteiger partial charge >= 0.3 is 0 Å². The highest BCUT2D eigenvalue weighted by Gasteiger charge is 2.26. The summed E-state index contributed by atoms with van der Waals surface area (Å²) in [6.45, 7) is 10.4. The number of nitrogens with one attached hydrogen (secondary N) is 2. The molecule has 9 heteroatoms. The molecule has 3 rings (SSSR count). The van der Waals surface area contributed by atoms with Crippen LogP contribution in [0.15, 0.2) is 54.9 Å². The highest BCUT2D eigenvalue weighted by molar-refractivity contribution is 6.34. The SMILES string of the molecule is [C-]#[N+]c1ccc(C[C@@H](C(=O)NNC(=O)c2ccc(-n3cccn3)cc2)[C@H](C)O)c(C)c1Cl. The smallest absolute Gasteiger partial charge is 0.269 e. The summed E-state index contributed by atoms with van der Waals surface area (Å²) in [6, 6.07) is 11.8. The number of carbonyl (C=O) groups is 2. The van der Waals surface area contributed by atoms with Crippen molar-refractivity contribution in [1.82, 2.24) is 20.6 Å². The van der Waals surface area contributed by atoms with Gasteiger partial charge in [0.05, 0.1) is 29.3 Å². The van der Waals surface area contributed by atoms with Crippen LogP contribution in [0.1, 0.15) is 28.4 Å². The minimum Gasteiger partial charge on any atom is -0.393 e. The highest BCUT2D eigenvalue weighted by Crippen LogP contribution is 2.31. The van der Waals surface area contributed by atoms with Gasteiger partial charge in [-0.25, -0.2) is 9.53 Å². The lowest BCUT2D eigenvalue weighted by molar-refractivity contribution is -0.128. The number of aromatic nitrogens is 2. The molecule has 1 heterocycles. The van der Waals surface area contributed by atoms with Crippen LogP contribution in [-0.4, -0.2) is 32.8 Å². The van der Waals surface area contributed by atoms with E-state index in [2.05, 4.69) is 20.8 Å². The van der Waals surface area contributed by atoms with Crippen molar-refractivity contribution in [3.63, 3.8) is 0 Å². The first-order valence-corrected chi connectivity index (χ1v) is 10.2. The molecule has 0 radical (unpaired) electrons. The molecule has 0 bridgehead atoms. The van der Waals surface area contributed by atoms with Gasteiger partial charge in [-0.1, -0.05) is 23.7 Å². The zero-order valence-corrected chi connectivity index (χ0v) is 18.3. The fraction of sp³-hybridized carbons (Fsp3) is 0.217. The summed E-state index contributed by atoms with van der Waals surface area (Å²) in [6.07, 6.45) is 2.67. The molecule has 0 aliphatic carbocycles. The van der Waals surface area contributed by atoms with Crippen molar-refractivity contribution < 1.29 is 14.7 Å². The van der Waals surface area contributed by atoms with Crippen molar-refractivity contribution in [2.24, 2.45) is 5.92 Å². The number of aliphatic hydroxyl groups excluding tert-OH is 1. The first kappa shape index (κ1) is 23.0. The molecule has 3 N–H and O–H groups in total. The summed E-state index contributed by atoms with van der Waals surface area (Å²) in [4.78, 5) is 28.4. The lowest BCUT2D eigenvalue weighted by Crippen LogP contribution is -2.47. The van der Waals surface area contributed by atoms with Crippen LogP contribution in [0.3, 0.4) is 0 Å². The van der Waals surface area contributed by atoms with Gasteiger partial charge < -0.3 is 5.11 Å². The summed E-state index contributed by atoms with van der Waals surface area (Å²) in [5, 5.41) is 14.6. The Morgan fingerprint density at radius 3 is 2.53 bits per heavy atom. The van der Waals surface area contributed by atoms with E-state index in [1.807, 2.05) is 0 Å². The number of halogens is 1. The molecule has 3 aromatic rings. The Kier molecular flexibility index (Phi) is 7.25. The molecular weight excluding hydrogens is 430 g/mol. The molecule has 32 heavy (non-hydrogen) atoms. The molecule has 0 spiro atoms. The van der Waals surface area contributed by atoms with E-state index < -0.39 is 23.8 Å². The van der Waals surface area contributed by atoms with E-state index in [0.717, 1.165) is 11.3 Å². The van der Waals surface area contributed by atoms with Gasteiger partial charge in [0, 0.05) is 18.0 Å². The van der Waals surface area contributed by atoms with Crippen LogP contribution in [0.5, 0.6) is 0 Å². The predicted octanol–water partition coefficient (Wildman–Crippen LogP) is 3.39. The number of hydrazine groups is 1. The second-order valence-electron chi connectivity index (χ2n) is 7.29. The summed E-state index contributed by atoms with van der Waals surface area (Å²) in [5.74, 6) is -1.85. The average Bonchev–Trinajstić information content (AvgIpc) is 3.33. The average molecular weight is 452 g/mol. The lowest BCUT2D eigenvalue weighted by atomic mass is 9.91. The summed E-state index contributed by atoms with van der Waals surface area (Å²) >= 11 is 6.22. The Morgan fingerprint density at radius 1 is 1.22 bits per heavy atom. The molecule has 0 aliphatic rings. The zero-order valence-electron chi connectivity index (χ0n) is 17.5. The number of benzene rings is 2. The maximum Gasteiger partial charge on any atom is 0.269 e. The van der Waals surface area contributed by atoms with Gasteiger partial charge in [-0.15, -0.1) is 0 Å². The van der Waals surface area contributed by atoms with E-state index in [1.54, 1.807) is 66.5 Å². The number of aliphatic hydroxyl groups is 1. The fourth-order valence-corrected chi connectivity index (χ4v) is 3.43. The number of rotatable bonds is 6. The van der Waals surface area contributed by atoms with E-state index in [4.69, 9.17) is 18.2 Å². The predicted molar refractivity (Wildman–Crippen MR) is 120 cm³/mol. The molecule has 2 amide bonds. The minimum absolute atomic E-state index is 0.196. The van der Waals surface area contributed by atoms with E-state index >= 15 is 0 Å². The van der Waals surface area contributed by atoms with E-state index in [-0.39, 0.29) is 6.42 Å². The number of nitrogens with zero attached hydrogens (tertiary/aromatic N) is 3. The topological polar surface area (TPSA) is 101 Å². The Bertz CT molecular complexity index is 1150. The molecule has 164 valence electrons. The quantitative estimate of drug-likeness (QED) is 0.395. The Hall–Kier alpha value is -3.67. The molecule has 0 aliphatic heterocycles. The summed E-state index contributed by atoms with van der Waals surface area (Å²) in [7, 11) is 0. The fourth-order valence-electron chi connectivity index (χ4n) is 3.21. The van der Waals surface area contributed by atoms with Crippen molar-refractivity contribution in [2.45, 2.75) is 26.4 Å². The molecule has 2 atom stereocenters. The molecule has 1 aromatic heterocycles. The summed E-state index contributed by atoms with van der Waals surface area (Å²) in [5.41, 5.74) is 7.66. The van der Waals surface area contributed by atoms with Crippen LogP contribution >= 0.6 is 11.6 Å². The molecule has 8 nitrogen and oxygen atoms in total. The highest BCUT2D eigenvalue weighted by atomic mass is 35.5. The number of hydrogen-bond acceptors (Lipinski definition) is 4. The molecule has 0 unspecified atom stereocenters. The van der Waals surface area contributed by atoms with Crippen molar-refractivity contribution in [3.05, 3.63) is 88.0 Å². The monoisotopic (exact) mass is 451 g/mol. The van der Waals surface area contributed by atoms with Gasteiger partial charge in [0.1, 0.15) is 0 Å². The number of hydrogen-bond donors (Lipinski definition) is 3. The summed E-state index contributed by atoms with van der Waals surface area (Å²) < 4.78 is 1.66. The van der Waals surface area contributed by atoms with Gasteiger partial charge in [-0.2, -0.15) is 5.10 Å². The molecule has 0 saturated carbocycles. The van der Waals surface area contributed by atoms with Gasteiger partial charge in [0.2, 0.25) is 11.6 Å². The lowest BCUT2D eigenvalue weighted by Gasteiger charge is -2.21. The number of amides is 2. The zero-order chi connectivity index (χ0) is 23.3. The van der Waals surface area contributed by atoms with Crippen molar-refractivity contribution in [3.8, 4) is 5.69 Å². The van der Waals surface area contributed by atoms with Crippen LogP contribution < -0.4 is 10.9 Å². The minimum atomic E-state index is -0.973. The van der Waals surface area contributed by atoms with Crippen LogP contribution in [-0.2, 0) is 11.2 Å². The maximum absolute atomic E-state index is 12.7.